The minimum atomic E-state index is -0.00925. The van der Waals surface area contributed by atoms with Gasteiger partial charge in [0.1, 0.15) is 5.76 Å². The van der Waals surface area contributed by atoms with Gasteiger partial charge in [-0.05, 0) is 18.1 Å². The maximum absolute atomic E-state index is 12.5. The van der Waals surface area contributed by atoms with E-state index in [0.29, 0.717) is 17.6 Å². The fraction of sp³-hybridized carbons (Fsp3) is 0.0952. The molecule has 0 fully saturated rings. The van der Waals surface area contributed by atoms with E-state index in [1.807, 2.05) is 60.0 Å². The second-order valence-electron chi connectivity index (χ2n) is 5.87. The summed E-state index contributed by atoms with van der Waals surface area (Å²) in [6.07, 6.45) is 1.80. The number of hydrogen-bond donors (Lipinski definition) is 0. The largest absolute Gasteiger partial charge is 0.444 e. The summed E-state index contributed by atoms with van der Waals surface area (Å²) in [5.41, 5.74) is 3.67. The molecule has 24 heavy (non-hydrogen) atoms. The second-order valence-corrected chi connectivity index (χ2v) is 5.87. The van der Waals surface area contributed by atoms with E-state index in [0.717, 1.165) is 22.5 Å². The lowest BCUT2D eigenvalue weighted by molar-refractivity contribution is 0.544. The molecule has 3 nitrogen and oxygen atoms in total. The first-order valence-corrected chi connectivity index (χ1v) is 7.96. The van der Waals surface area contributed by atoms with Crippen LogP contribution in [-0.4, -0.2) is 4.57 Å². The normalized spacial score (nSPS) is 11.0. The SMILES string of the molecule is Cc1oc2c(c1-c1ccccc1)c(=O)ccn2Cc1ccccc1. The number of rotatable bonds is 3. The lowest BCUT2D eigenvalue weighted by Crippen LogP contribution is -2.07. The average Bonchev–Trinajstić information content (AvgIpc) is 2.97. The van der Waals surface area contributed by atoms with Gasteiger partial charge in [0.15, 0.2) is 5.43 Å². The predicted molar refractivity (Wildman–Crippen MR) is 96.2 cm³/mol. The van der Waals surface area contributed by atoms with E-state index in [9.17, 15) is 4.79 Å². The molecule has 0 amide bonds. The van der Waals surface area contributed by atoms with Gasteiger partial charge in [0.25, 0.3) is 0 Å². The highest BCUT2D eigenvalue weighted by Crippen LogP contribution is 2.32. The number of fused-ring (bicyclic) bond motifs is 1. The number of hydrogen-bond acceptors (Lipinski definition) is 2. The predicted octanol–water partition coefficient (Wildman–Crippen LogP) is 4.62. The first-order valence-electron chi connectivity index (χ1n) is 7.96. The minimum absolute atomic E-state index is 0.00925. The van der Waals surface area contributed by atoms with Gasteiger partial charge in [-0.25, -0.2) is 0 Å². The lowest BCUT2D eigenvalue weighted by Gasteiger charge is -2.07. The topological polar surface area (TPSA) is 35.1 Å². The molecule has 2 aromatic heterocycles. The van der Waals surface area contributed by atoms with Crippen molar-refractivity contribution in [2.75, 3.05) is 0 Å². The Balaban J connectivity index is 1.93. The monoisotopic (exact) mass is 315 g/mol. The van der Waals surface area contributed by atoms with E-state index in [1.165, 1.54) is 0 Å². The summed E-state index contributed by atoms with van der Waals surface area (Å²) in [4.78, 5) is 12.5. The van der Waals surface area contributed by atoms with Crippen LogP contribution in [0.5, 0.6) is 0 Å². The molecule has 2 aromatic carbocycles. The molecule has 0 aliphatic carbocycles. The standard InChI is InChI=1S/C21H17NO2/c1-15-19(17-10-6-3-7-11-17)20-18(23)12-13-22(21(20)24-15)14-16-8-4-2-5-9-16/h2-13H,14H2,1H3. The van der Waals surface area contributed by atoms with Gasteiger partial charge >= 0.3 is 0 Å². The van der Waals surface area contributed by atoms with Crippen LogP contribution in [-0.2, 0) is 6.54 Å². The molecule has 4 rings (SSSR count). The van der Waals surface area contributed by atoms with E-state index < -0.39 is 0 Å². The molecule has 0 aliphatic rings. The van der Waals surface area contributed by atoms with E-state index >= 15 is 0 Å². The highest BCUT2D eigenvalue weighted by atomic mass is 16.3. The van der Waals surface area contributed by atoms with Crippen molar-refractivity contribution in [3.8, 4) is 11.1 Å². The number of aromatic nitrogens is 1. The third kappa shape index (κ3) is 2.44. The van der Waals surface area contributed by atoms with Crippen molar-refractivity contribution in [2.24, 2.45) is 0 Å². The average molecular weight is 315 g/mol. The van der Waals surface area contributed by atoms with Crippen LogP contribution >= 0.6 is 0 Å². The minimum Gasteiger partial charge on any atom is -0.444 e. The Hall–Kier alpha value is -3.07. The van der Waals surface area contributed by atoms with Gasteiger partial charge in [-0.3, -0.25) is 4.79 Å². The molecule has 0 saturated carbocycles. The number of aryl methyl sites for hydroxylation is 1. The van der Waals surface area contributed by atoms with Crippen LogP contribution in [0, 0.1) is 6.92 Å². The van der Waals surface area contributed by atoms with Crippen LogP contribution < -0.4 is 5.43 Å². The van der Waals surface area contributed by atoms with Crippen molar-refractivity contribution < 1.29 is 4.42 Å². The molecule has 0 bridgehead atoms. The molecular weight excluding hydrogens is 298 g/mol. The second kappa shape index (κ2) is 5.85. The lowest BCUT2D eigenvalue weighted by atomic mass is 10.0. The Morgan fingerprint density at radius 3 is 2.29 bits per heavy atom. The fourth-order valence-corrected chi connectivity index (χ4v) is 3.13. The Morgan fingerprint density at radius 2 is 1.58 bits per heavy atom. The van der Waals surface area contributed by atoms with E-state index in [-0.39, 0.29) is 5.43 Å². The van der Waals surface area contributed by atoms with Gasteiger partial charge < -0.3 is 8.98 Å². The van der Waals surface area contributed by atoms with Gasteiger partial charge in [0.2, 0.25) is 5.71 Å². The molecule has 4 aromatic rings. The molecule has 2 heterocycles. The maximum Gasteiger partial charge on any atom is 0.211 e. The summed E-state index contributed by atoms with van der Waals surface area (Å²) in [5, 5.41) is 0.650. The summed E-state index contributed by atoms with van der Waals surface area (Å²) < 4.78 is 7.99. The van der Waals surface area contributed by atoms with Gasteiger partial charge in [0, 0.05) is 17.8 Å². The first-order chi connectivity index (χ1) is 11.7. The summed E-state index contributed by atoms with van der Waals surface area (Å²) >= 11 is 0. The highest BCUT2D eigenvalue weighted by Gasteiger charge is 2.17. The van der Waals surface area contributed by atoms with Gasteiger partial charge in [0.05, 0.1) is 11.9 Å². The summed E-state index contributed by atoms with van der Waals surface area (Å²) in [6.45, 7) is 2.58. The quantitative estimate of drug-likeness (QED) is 0.553. The third-order valence-corrected chi connectivity index (χ3v) is 4.24. The zero-order valence-corrected chi connectivity index (χ0v) is 13.4. The Kier molecular flexibility index (Phi) is 3.54. The Bertz CT molecular complexity index is 1040. The Morgan fingerprint density at radius 1 is 0.917 bits per heavy atom. The van der Waals surface area contributed by atoms with Crippen molar-refractivity contribution >= 4 is 11.1 Å². The van der Waals surface area contributed by atoms with Crippen LogP contribution in [0.4, 0.5) is 0 Å². The molecule has 0 N–H and O–H groups in total. The molecule has 0 unspecified atom stereocenters. The van der Waals surface area contributed by atoms with Crippen molar-refractivity contribution in [1.82, 2.24) is 4.57 Å². The maximum atomic E-state index is 12.5. The number of nitrogens with zero attached hydrogens (tertiary/aromatic N) is 1. The number of furan rings is 1. The van der Waals surface area contributed by atoms with Gasteiger partial charge in [-0.15, -0.1) is 0 Å². The molecular formula is C21H17NO2. The number of pyridine rings is 1. The number of benzene rings is 2. The smallest absolute Gasteiger partial charge is 0.211 e. The van der Waals surface area contributed by atoms with E-state index in [4.69, 9.17) is 4.42 Å². The van der Waals surface area contributed by atoms with Gasteiger partial charge in [-0.2, -0.15) is 0 Å². The summed E-state index contributed by atoms with van der Waals surface area (Å²) in [7, 11) is 0. The molecule has 0 aliphatic heterocycles. The molecule has 0 saturated heterocycles. The fourth-order valence-electron chi connectivity index (χ4n) is 3.13. The van der Waals surface area contributed by atoms with Crippen molar-refractivity contribution in [3.05, 3.63) is 94.5 Å². The molecule has 0 radical (unpaired) electrons. The van der Waals surface area contributed by atoms with Crippen LogP contribution in [0.25, 0.3) is 22.2 Å². The zero-order chi connectivity index (χ0) is 16.5. The van der Waals surface area contributed by atoms with Crippen LogP contribution in [0.1, 0.15) is 11.3 Å². The van der Waals surface area contributed by atoms with Crippen molar-refractivity contribution in [1.29, 1.82) is 0 Å². The van der Waals surface area contributed by atoms with Crippen LogP contribution in [0.15, 0.2) is 82.1 Å². The highest BCUT2D eigenvalue weighted by molar-refractivity contribution is 5.94. The van der Waals surface area contributed by atoms with E-state index in [1.54, 1.807) is 12.3 Å². The summed E-state index contributed by atoms with van der Waals surface area (Å²) in [6, 6.07) is 21.7. The van der Waals surface area contributed by atoms with Crippen molar-refractivity contribution in [3.63, 3.8) is 0 Å². The van der Waals surface area contributed by atoms with Gasteiger partial charge in [-0.1, -0.05) is 60.7 Å². The molecule has 3 heteroatoms. The zero-order valence-electron chi connectivity index (χ0n) is 13.4. The van der Waals surface area contributed by atoms with Crippen LogP contribution in [0.2, 0.25) is 0 Å². The molecule has 0 atom stereocenters. The third-order valence-electron chi connectivity index (χ3n) is 4.24. The Labute approximate surface area is 139 Å². The summed E-state index contributed by atoms with van der Waals surface area (Å²) in [5.74, 6) is 0.765. The molecule has 0 spiro atoms. The molecule has 118 valence electrons. The van der Waals surface area contributed by atoms with Crippen molar-refractivity contribution in [2.45, 2.75) is 13.5 Å². The van der Waals surface area contributed by atoms with Crippen LogP contribution in [0.3, 0.4) is 0 Å². The first kappa shape index (κ1) is 14.5. The van der Waals surface area contributed by atoms with E-state index in [2.05, 4.69) is 12.1 Å².